The molecular formula is C23H20N2O4. The number of aryl methyl sites for hydroxylation is 1. The fourth-order valence-electron chi connectivity index (χ4n) is 2.45. The van der Waals surface area contributed by atoms with E-state index in [1.165, 1.54) is 6.21 Å². The minimum atomic E-state index is -0.459. The van der Waals surface area contributed by atoms with Crippen molar-refractivity contribution >= 4 is 18.1 Å². The number of benzene rings is 3. The van der Waals surface area contributed by atoms with Gasteiger partial charge >= 0.3 is 5.97 Å². The number of hydrogen-bond acceptors (Lipinski definition) is 5. The number of carbonyl (C=O) groups is 2. The van der Waals surface area contributed by atoms with Crippen LogP contribution in [0.3, 0.4) is 0 Å². The first-order chi connectivity index (χ1) is 14.0. The van der Waals surface area contributed by atoms with Crippen LogP contribution in [-0.2, 0) is 0 Å². The first-order valence-electron chi connectivity index (χ1n) is 8.91. The molecule has 3 aromatic carbocycles. The molecule has 0 radical (unpaired) electrons. The number of amides is 1. The highest BCUT2D eigenvalue weighted by molar-refractivity contribution is 5.95. The molecule has 0 bridgehead atoms. The van der Waals surface area contributed by atoms with E-state index in [9.17, 15) is 9.59 Å². The van der Waals surface area contributed by atoms with E-state index in [4.69, 9.17) is 9.47 Å². The Morgan fingerprint density at radius 2 is 1.41 bits per heavy atom. The minimum Gasteiger partial charge on any atom is -0.497 e. The van der Waals surface area contributed by atoms with E-state index >= 15 is 0 Å². The normalized spacial score (nSPS) is 10.6. The standard InChI is InChI=1S/C23H20N2O4/c1-16-3-7-18(8-4-16)22(26)25-24-15-17-5-11-21(12-6-17)29-23(27)19-9-13-20(28-2)14-10-19/h3-15H,1-2H3,(H,25,26). The van der Waals surface area contributed by atoms with Crippen LogP contribution in [-0.4, -0.2) is 25.2 Å². The van der Waals surface area contributed by atoms with Gasteiger partial charge in [0.1, 0.15) is 11.5 Å². The molecule has 0 atom stereocenters. The SMILES string of the molecule is COc1ccc(C(=O)Oc2ccc(C=NNC(=O)c3ccc(C)cc3)cc2)cc1. The Morgan fingerprint density at radius 1 is 0.828 bits per heavy atom. The summed E-state index contributed by atoms with van der Waals surface area (Å²) in [5, 5.41) is 3.95. The van der Waals surface area contributed by atoms with Crippen molar-refractivity contribution in [2.45, 2.75) is 6.92 Å². The Morgan fingerprint density at radius 3 is 2.03 bits per heavy atom. The van der Waals surface area contributed by atoms with E-state index in [1.807, 2.05) is 19.1 Å². The van der Waals surface area contributed by atoms with Gasteiger partial charge in [-0.05, 0) is 73.2 Å². The predicted molar refractivity (Wildman–Crippen MR) is 111 cm³/mol. The van der Waals surface area contributed by atoms with Crippen molar-refractivity contribution in [3.05, 3.63) is 95.1 Å². The lowest BCUT2D eigenvalue weighted by molar-refractivity contribution is 0.0734. The number of ether oxygens (including phenoxy) is 2. The molecule has 1 amide bonds. The zero-order valence-corrected chi connectivity index (χ0v) is 16.1. The summed E-state index contributed by atoms with van der Waals surface area (Å²) < 4.78 is 10.4. The van der Waals surface area contributed by atoms with Gasteiger partial charge < -0.3 is 9.47 Å². The van der Waals surface area contributed by atoms with Gasteiger partial charge in [0.05, 0.1) is 18.9 Å². The Bertz CT molecular complexity index is 1010. The highest BCUT2D eigenvalue weighted by atomic mass is 16.5. The lowest BCUT2D eigenvalue weighted by Crippen LogP contribution is -2.17. The van der Waals surface area contributed by atoms with Crippen molar-refractivity contribution in [1.82, 2.24) is 5.43 Å². The van der Waals surface area contributed by atoms with Gasteiger partial charge in [0.15, 0.2) is 0 Å². The number of carbonyl (C=O) groups excluding carboxylic acids is 2. The Hall–Kier alpha value is -3.93. The largest absolute Gasteiger partial charge is 0.497 e. The summed E-state index contributed by atoms with van der Waals surface area (Å²) in [6.07, 6.45) is 1.52. The smallest absolute Gasteiger partial charge is 0.343 e. The topological polar surface area (TPSA) is 77.0 Å². The fraction of sp³-hybridized carbons (Fsp3) is 0.0870. The van der Waals surface area contributed by atoms with Crippen LogP contribution < -0.4 is 14.9 Å². The summed E-state index contributed by atoms with van der Waals surface area (Å²) in [6.45, 7) is 1.96. The van der Waals surface area contributed by atoms with Crippen molar-refractivity contribution in [2.75, 3.05) is 7.11 Å². The fourth-order valence-corrected chi connectivity index (χ4v) is 2.45. The molecule has 3 aromatic rings. The Kier molecular flexibility index (Phi) is 6.37. The summed E-state index contributed by atoms with van der Waals surface area (Å²) in [5.41, 5.74) is 5.27. The molecule has 0 saturated carbocycles. The average Bonchev–Trinajstić information content (AvgIpc) is 2.75. The van der Waals surface area contributed by atoms with Gasteiger partial charge in [-0.25, -0.2) is 10.2 Å². The number of methoxy groups -OCH3 is 1. The number of hydrogen-bond donors (Lipinski definition) is 1. The van der Waals surface area contributed by atoms with E-state index < -0.39 is 5.97 Å². The van der Waals surface area contributed by atoms with Crippen molar-refractivity contribution in [2.24, 2.45) is 5.10 Å². The van der Waals surface area contributed by atoms with Gasteiger partial charge in [0, 0.05) is 5.56 Å². The lowest BCUT2D eigenvalue weighted by atomic mass is 10.1. The van der Waals surface area contributed by atoms with E-state index in [1.54, 1.807) is 67.8 Å². The highest BCUT2D eigenvalue weighted by Crippen LogP contribution is 2.16. The van der Waals surface area contributed by atoms with Crippen LogP contribution in [0.15, 0.2) is 77.9 Å². The van der Waals surface area contributed by atoms with Gasteiger partial charge in [-0.2, -0.15) is 5.10 Å². The van der Waals surface area contributed by atoms with Crippen LogP contribution >= 0.6 is 0 Å². The minimum absolute atomic E-state index is 0.286. The summed E-state index contributed by atoms with van der Waals surface area (Å²) in [5.74, 6) is 0.331. The maximum Gasteiger partial charge on any atom is 0.343 e. The molecule has 6 heteroatoms. The molecule has 0 aromatic heterocycles. The van der Waals surface area contributed by atoms with Gasteiger partial charge in [-0.1, -0.05) is 17.7 Å². The molecule has 0 unspecified atom stereocenters. The zero-order chi connectivity index (χ0) is 20.6. The second-order valence-electron chi connectivity index (χ2n) is 6.25. The number of hydrazone groups is 1. The van der Waals surface area contributed by atoms with Crippen molar-refractivity contribution in [3.63, 3.8) is 0 Å². The Labute approximate surface area is 168 Å². The molecule has 0 aliphatic rings. The van der Waals surface area contributed by atoms with E-state index in [-0.39, 0.29) is 5.91 Å². The van der Waals surface area contributed by atoms with Crippen LogP contribution in [0.5, 0.6) is 11.5 Å². The van der Waals surface area contributed by atoms with Crippen molar-refractivity contribution in [1.29, 1.82) is 0 Å². The molecule has 6 nitrogen and oxygen atoms in total. The number of nitrogens with zero attached hydrogens (tertiary/aromatic N) is 1. The lowest BCUT2D eigenvalue weighted by Gasteiger charge is -2.05. The molecule has 0 fully saturated rings. The molecule has 3 rings (SSSR count). The van der Waals surface area contributed by atoms with E-state index in [0.29, 0.717) is 22.6 Å². The monoisotopic (exact) mass is 388 g/mol. The second-order valence-corrected chi connectivity index (χ2v) is 6.25. The predicted octanol–water partition coefficient (Wildman–Crippen LogP) is 3.99. The molecule has 0 aliphatic carbocycles. The third-order valence-corrected chi connectivity index (χ3v) is 4.11. The van der Waals surface area contributed by atoms with E-state index in [0.717, 1.165) is 11.1 Å². The third kappa shape index (κ3) is 5.52. The van der Waals surface area contributed by atoms with E-state index in [2.05, 4.69) is 10.5 Å². The van der Waals surface area contributed by atoms with Crippen LogP contribution in [0, 0.1) is 6.92 Å². The molecule has 146 valence electrons. The van der Waals surface area contributed by atoms with Gasteiger partial charge in [0.25, 0.3) is 5.91 Å². The van der Waals surface area contributed by atoms with Crippen LogP contribution in [0.2, 0.25) is 0 Å². The average molecular weight is 388 g/mol. The number of rotatable bonds is 6. The Balaban J connectivity index is 1.55. The summed E-state index contributed by atoms with van der Waals surface area (Å²) in [6, 6.07) is 20.7. The summed E-state index contributed by atoms with van der Waals surface area (Å²) >= 11 is 0. The quantitative estimate of drug-likeness (QED) is 0.300. The first kappa shape index (κ1) is 19.8. The molecule has 1 N–H and O–H groups in total. The maximum absolute atomic E-state index is 12.2. The van der Waals surface area contributed by atoms with Gasteiger partial charge in [0.2, 0.25) is 0 Å². The van der Waals surface area contributed by atoms with Crippen molar-refractivity contribution < 1.29 is 19.1 Å². The molecular weight excluding hydrogens is 368 g/mol. The van der Waals surface area contributed by atoms with Gasteiger partial charge in [-0.15, -0.1) is 0 Å². The van der Waals surface area contributed by atoms with Crippen molar-refractivity contribution in [3.8, 4) is 11.5 Å². The summed E-state index contributed by atoms with van der Waals surface area (Å²) in [4.78, 5) is 24.2. The van der Waals surface area contributed by atoms with Crippen LogP contribution in [0.25, 0.3) is 0 Å². The van der Waals surface area contributed by atoms with Crippen LogP contribution in [0.1, 0.15) is 31.8 Å². The molecule has 0 saturated heterocycles. The highest BCUT2D eigenvalue weighted by Gasteiger charge is 2.08. The zero-order valence-electron chi connectivity index (χ0n) is 16.1. The first-order valence-corrected chi connectivity index (χ1v) is 8.91. The second kappa shape index (κ2) is 9.32. The maximum atomic E-state index is 12.2. The molecule has 29 heavy (non-hydrogen) atoms. The summed E-state index contributed by atoms with van der Waals surface area (Å²) in [7, 11) is 1.56. The number of nitrogens with one attached hydrogen (secondary N) is 1. The molecule has 0 heterocycles. The molecule has 0 aliphatic heterocycles. The van der Waals surface area contributed by atoms with Crippen LogP contribution in [0.4, 0.5) is 0 Å². The third-order valence-electron chi connectivity index (χ3n) is 4.11. The van der Waals surface area contributed by atoms with Gasteiger partial charge in [-0.3, -0.25) is 4.79 Å². The molecule has 0 spiro atoms. The number of esters is 1.